The van der Waals surface area contributed by atoms with E-state index in [0.717, 1.165) is 10.2 Å². The molecule has 1 aromatic carbocycles. The molecule has 0 fully saturated rings. The van der Waals surface area contributed by atoms with Gasteiger partial charge in [-0.05, 0) is 41.0 Å². The van der Waals surface area contributed by atoms with Crippen molar-refractivity contribution in [1.29, 1.82) is 0 Å². The van der Waals surface area contributed by atoms with Gasteiger partial charge in [0.1, 0.15) is 0 Å². The number of aryl methyl sites for hydroxylation is 2. The number of hydrogen-bond donors (Lipinski definition) is 1. The van der Waals surface area contributed by atoms with E-state index in [1.54, 1.807) is 0 Å². The van der Waals surface area contributed by atoms with Crippen LogP contribution in [0.4, 0.5) is 0 Å². The van der Waals surface area contributed by atoms with Gasteiger partial charge in [-0.25, -0.2) is 0 Å². The van der Waals surface area contributed by atoms with Gasteiger partial charge >= 0.3 is 0 Å². The maximum Gasteiger partial charge on any atom is 0.0759 e. The van der Waals surface area contributed by atoms with Crippen LogP contribution in [0.25, 0.3) is 0 Å². The van der Waals surface area contributed by atoms with Crippen molar-refractivity contribution in [2.75, 3.05) is 7.05 Å². The molecule has 0 bridgehead atoms. The predicted octanol–water partition coefficient (Wildman–Crippen LogP) is 2.80. The summed E-state index contributed by atoms with van der Waals surface area (Å²) in [6.07, 6.45) is 1.83. The smallest absolute Gasteiger partial charge is 0.0759 e. The van der Waals surface area contributed by atoms with Crippen LogP contribution in [0.15, 0.2) is 34.9 Å². The number of benzene rings is 1. The minimum Gasteiger partial charge on any atom is -0.308 e. The molecule has 0 aliphatic heterocycles. The van der Waals surface area contributed by atoms with E-state index in [2.05, 4.69) is 57.5 Å². The molecule has 4 heteroatoms. The number of aromatic nitrogens is 2. The summed E-state index contributed by atoms with van der Waals surface area (Å²) in [4.78, 5) is 0. The summed E-state index contributed by atoms with van der Waals surface area (Å²) in [6.45, 7) is 2.13. The molecular weight excluding hydrogens is 278 g/mol. The highest BCUT2D eigenvalue weighted by molar-refractivity contribution is 9.10. The van der Waals surface area contributed by atoms with Gasteiger partial charge in [0.05, 0.1) is 22.4 Å². The summed E-state index contributed by atoms with van der Waals surface area (Å²) in [5.74, 6) is 0. The Morgan fingerprint density at radius 2 is 2.06 bits per heavy atom. The van der Waals surface area contributed by atoms with Crippen molar-refractivity contribution in [3.8, 4) is 0 Å². The zero-order valence-corrected chi connectivity index (χ0v) is 11.8. The molecule has 1 atom stereocenters. The molecular formula is C13H16BrN3. The van der Waals surface area contributed by atoms with Crippen molar-refractivity contribution in [3.63, 3.8) is 0 Å². The number of nitrogens with one attached hydrogen (secondary N) is 1. The zero-order chi connectivity index (χ0) is 12.4. The third-order valence-electron chi connectivity index (χ3n) is 3.00. The zero-order valence-electron chi connectivity index (χ0n) is 10.2. The number of hydrogen-bond acceptors (Lipinski definition) is 2. The van der Waals surface area contributed by atoms with Crippen molar-refractivity contribution < 1.29 is 0 Å². The molecule has 1 aromatic heterocycles. The molecule has 0 saturated carbocycles. The van der Waals surface area contributed by atoms with Crippen LogP contribution in [-0.2, 0) is 7.05 Å². The number of rotatable bonds is 3. The second-order valence-corrected chi connectivity index (χ2v) is 4.93. The van der Waals surface area contributed by atoms with Gasteiger partial charge in [-0.15, -0.1) is 0 Å². The van der Waals surface area contributed by atoms with Crippen LogP contribution < -0.4 is 5.32 Å². The quantitative estimate of drug-likeness (QED) is 0.943. The van der Waals surface area contributed by atoms with Crippen molar-refractivity contribution in [2.45, 2.75) is 13.0 Å². The van der Waals surface area contributed by atoms with Crippen LogP contribution in [-0.4, -0.2) is 16.8 Å². The highest BCUT2D eigenvalue weighted by Crippen LogP contribution is 2.29. The highest BCUT2D eigenvalue weighted by Gasteiger charge is 2.20. The molecule has 1 N–H and O–H groups in total. The van der Waals surface area contributed by atoms with Crippen molar-refractivity contribution >= 4 is 15.9 Å². The van der Waals surface area contributed by atoms with Crippen LogP contribution in [0.5, 0.6) is 0 Å². The lowest BCUT2D eigenvalue weighted by Crippen LogP contribution is -2.21. The molecule has 0 radical (unpaired) electrons. The third-order valence-corrected chi connectivity index (χ3v) is 3.61. The molecule has 2 rings (SSSR count). The summed E-state index contributed by atoms with van der Waals surface area (Å²) in [6, 6.07) is 8.55. The fourth-order valence-electron chi connectivity index (χ4n) is 2.10. The molecule has 17 heavy (non-hydrogen) atoms. The lowest BCUT2D eigenvalue weighted by atomic mass is 9.99. The minimum absolute atomic E-state index is 0.151. The van der Waals surface area contributed by atoms with Crippen molar-refractivity contribution in [3.05, 3.63) is 51.8 Å². The van der Waals surface area contributed by atoms with Crippen LogP contribution in [0.1, 0.15) is 22.9 Å². The summed E-state index contributed by atoms with van der Waals surface area (Å²) >= 11 is 3.56. The average molecular weight is 294 g/mol. The molecule has 0 aliphatic carbocycles. The average Bonchev–Trinajstić information content (AvgIpc) is 2.64. The second kappa shape index (κ2) is 5.02. The predicted molar refractivity (Wildman–Crippen MR) is 73.0 cm³/mol. The van der Waals surface area contributed by atoms with Gasteiger partial charge in [0.15, 0.2) is 0 Å². The van der Waals surface area contributed by atoms with E-state index in [1.807, 2.05) is 25.0 Å². The van der Waals surface area contributed by atoms with Gasteiger partial charge in [0.25, 0.3) is 0 Å². The molecule has 3 nitrogen and oxygen atoms in total. The maximum atomic E-state index is 4.27. The largest absolute Gasteiger partial charge is 0.308 e. The first-order chi connectivity index (χ1) is 8.15. The standard InChI is InChI=1S/C13H16BrN3/c1-9-6-4-5-7-10(9)12(15-2)13-11(14)8-16-17(13)3/h4-8,12,15H,1-3H3. The van der Waals surface area contributed by atoms with E-state index in [1.165, 1.54) is 11.1 Å². The van der Waals surface area contributed by atoms with Crippen LogP contribution in [0.3, 0.4) is 0 Å². The van der Waals surface area contributed by atoms with Crippen LogP contribution in [0.2, 0.25) is 0 Å². The molecule has 0 amide bonds. The van der Waals surface area contributed by atoms with E-state index in [4.69, 9.17) is 0 Å². The summed E-state index contributed by atoms with van der Waals surface area (Å²) in [7, 11) is 3.93. The maximum absolute atomic E-state index is 4.27. The normalized spacial score (nSPS) is 12.7. The van der Waals surface area contributed by atoms with Gasteiger partial charge in [0.2, 0.25) is 0 Å². The second-order valence-electron chi connectivity index (χ2n) is 4.08. The fourth-order valence-corrected chi connectivity index (χ4v) is 2.67. The molecule has 90 valence electrons. The van der Waals surface area contributed by atoms with E-state index >= 15 is 0 Å². The third kappa shape index (κ3) is 2.28. The Hall–Kier alpha value is -1.13. The monoisotopic (exact) mass is 293 g/mol. The Morgan fingerprint density at radius 1 is 1.35 bits per heavy atom. The number of halogens is 1. The van der Waals surface area contributed by atoms with Crippen LogP contribution in [0, 0.1) is 6.92 Å². The van der Waals surface area contributed by atoms with E-state index in [9.17, 15) is 0 Å². The fraction of sp³-hybridized carbons (Fsp3) is 0.308. The summed E-state index contributed by atoms with van der Waals surface area (Å²) in [5.41, 5.74) is 3.70. The lowest BCUT2D eigenvalue weighted by Gasteiger charge is -2.19. The Labute approximate surface area is 110 Å². The Morgan fingerprint density at radius 3 is 2.59 bits per heavy atom. The van der Waals surface area contributed by atoms with Gasteiger partial charge in [-0.1, -0.05) is 24.3 Å². The molecule has 1 unspecified atom stereocenters. The van der Waals surface area contributed by atoms with Gasteiger partial charge in [-0.2, -0.15) is 5.10 Å². The first-order valence-corrected chi connectivity index (χ1v) is 6.34. The van der Waals surface area contributed by atoms with E-state index < -0.39 is 0 Å². The summed E-state index contributed by atoms with van der Waals surface area (Å²) in [5, 5.41) is 7.62. The minimum atomic E-state index is 0.151. The van der Waals surface area contributed by atoms with E-state index in [0.29, 0.717) is 0 Å². The molecule has 0 spiro atoms. The summed E-state index contributed by atoms with van der Waals surface area (Å²) < 4.78 is 2.93. The van der Waals surface area contributed by atoms with Gasteiger partial charge in [0, 0.05) is 7.05 Å². The Bertz CT molecular complexity index is 500. The Kier molecular flexibility index (Phi) is 3.64. The SMILES string of the molecule is CNC(c1ccccc1C)c1c(Br)cnn1C. The highest BCUT2D eigenvalue weighted by atomic mass is 79.9. The molecule has 1 heterocycles. The topological polar surface area (TPSA) is 29.9 Å². The molecule has 2 aromatic rings. The van der Waals surface area contributed by atoms with Gasteiger partial charge in [-0.3, -0.25) is 4.68 Å². The van der Waals surface area contributed by atoms with Crippen LogP contribution >= 0.6 is 15.9 Å². The Balaban J connectivity index is 2.52. The van der Waals surface area contributed by atoms with Gasteiger partial charge < -0.3 is 5.32 Å². The first-order valence-electron chi connectivity index (χ1n) is 5.55. The van der Waals surface area contributed by atoms with Crippen molar-refractivity contribution in [2.24, 2.45) is 7.05 Å². The first kappa shape index (κ1) is 12.3. The molecule has 0 aliphatic rings. The number of nitrogens with zero attached hydrogens (tertiary/aromatic N) is 2. The lowest BCUT2D eigenvalue weighted by molar-refractivity contribution is 0.602. The van der Waals surface area contributed by atoms with Crippen molar-refractivity contribution in [1.82, 2.24) is 15.1 Å². The molecule has 0 saturated heterocycles. The van der Waals surface area contributed by atoms with E-state index in [-0.39, 0.29) is 6.04 Å².